The second-order valence-electron chi connectivity index (χ2n) is 7.08. The molecule has 2 rings (SSSR count). The zero-order valence-electron chi connectivity index (χ0n) is 15.8. The van der Waals surface area contributed by atoms with Gasteiger partial charge >= 0.3 is 5.97 Å². The number of ether oxygens (including phenoxy) is 2. The first-order valence-corrected chi connectivity index (χ1v) is 9.45. The van der Waals surface area contributed by atoms with E-state index in [1.807, 2.05) is 69.3 Å². The third-order valence-electron chi connectivity index (χ3n) is 3.98. The largest absolute Gasteiger partial charge is 0.476 e. The van der Waals surface area contributed by atoms with Crippen molar-refractivity contribution < 1.29 is 14.3 Å². The molecule has 3 nitrogen and oxygen atoms in total. The molecule has 0 fully saturated rings. The minimum absolute atomic E-state index is 0.184. The Kier molecular flexibility index (Phi) is 6.35. The van der Waals surface area contributed by atoms with Crippen molar-refractivity contribution in [1.29, 1.82) is 0 Å². The van der Waals surface area contributed by atoms with Crippen molar-refractivity contribution in [2.75, 3.05) is 0 Å². The van der Waals surface area contributed by atoms with Gasteiger partial charge in [-0.3, -0.25) is 0 Å². The maximum absolute atomic E-state index is 12.2. The maximum atomic E-state index is 12.2. The van der Waals surface area contributed by atoms with Crippen LogP contribution in [0.15, 0.2) is 48.5 Å². The molecular formula is C21H26O3S2. The summed E-state index contributed by atoms with van der Waals surface area (Å²) in [6.07, 6.45) is -0.184. The molecule has 0 bridgehead atoms. The van der Waals surface area contributed by atoms with Crippen LogP contribution >= 0.6 is 25.3 Å². The summed E-state index contributed by atoms with van der Waals surface area (Å²) in [5, 5.41) is 0. The van der Waals surface area contributed by atoms with Crippen LogP contribution in [0.1, 0.15) is 44.4 Å². The molecule has 0 atom stereocenters. The minimum atomic E-state index is -1.07. The van der Waals surface area contributed by atoms with Crippen LogP contribution in [-0.4, -0.2) is 17.7 Å². The first-order valence-electron chi connectivity index (χ1n) is 8.55. The summed E-state index contributed by atoms with van der Waals surface area (Å²) in [4.78, 5) is 12.2. The summed E-state index contributed by atoms with van der Waals surface area (Å²) in [7, 11) is 0. The molecule has 0 aliphatic heterocycles. The van der Waals surface area contributed by atoms with E-state index in [4.69, 9.17) is 34.7 Å². The average Bonchev–Trinajstić information content (AvgIpc) is 2.54. The van der Waals surface area contributed by atoms with Gasteiger partial charge in [0, 0.05) is 0 Å². The van der Waals surface area contributed by atoms with E-state index in [9.17, 15) is 4.79 Å². The van der Waals surface area contributed by atoms with Crippen LogP contribution in [0.5, 0.6) is 5.75 Å². The van der Waals surface area contributed by atoms with Gasteiger partial charge in [-0.1, -0.05) is 36.4 Å². The predicted molar refractivity (Wildman–Crippen MR) is 112 cm³/mol. The molecule has 0 aliphatic carbocycles. The minimum Gasteiger partial charge on any atom is -0.476 e. The fourth-order valence-corrected chi connectivity index (χ4v) is 3.37. The Hall–Kier alpha value is -1.59. The second-order valence-corrected chi connectivity index (χ2v) is 8.77. The molecule has 0 aliphatic rings. The number of hydrogen-bond acceptors (Lipinski definition) is 5. The average molecular weight is 391 g/mol. The molecule has 140 valence electrons. The van der Waals surface area contributed by atoms with E-state index < -0.39 is 15.6 Å². The number of thiol groups is 2. The Morgan fingerprint density at radius 3 is 2.12 bits per heavy atom. The van der Waals surface area contributed by atoms with Crippen molar-refractivity contribution in [2.24, 2.45) is 0 Å². The fraction of sp³-hybridized carbons (Fsp3) is 0.381. The van der Waals surface area contributed by atoms with E-state index in [0.29, 0.717) is 5.75 Å². The van der Waals surface area contributed by atoms with Gasteiger partial charge in [0.2, 0.25) is 0 Å². The molecule has 0 radical (unpaired) electrons. The first kappa shape index (κ1) is 20.7. The molecule has 0 spiro atoms. The summed E-state index contributed by atoms with van der Waals surface area (Å²) < 4.78 is 10.4. The van der Waals surface area contributed by atoms with E-state index in [0.717, 1.165) is 16.7 Å². The number of aryl methyl sites for hydroxylation is 1. The van der Waals surface area contributed by atoms with Gasteiger partial charge in [-0.2, -0.15) is 25.3 Å². The summed E-state index contributed by atoms with van der Waals surface area (Å²) in [6.45, 7) is 9.05. The molecule has 0 unspecified atom stereocenters. The van der Waals surface area contributed by atoms with Gasteiger partial charge < -0.3 is 9.47 Å². The molecule has 0 saturated heterocycles. The lowest BCUT2D eigenvalue weighted by atomic mass is 9.99. The highest BCUT2D eigenvalue weighted by Crippen LogP contribution is 2.41. The number of carbonyl (C=O) groups is 1. The van der Waals surface area contributed by atoms with Crippen LogP contribution in [0.2, 0.25) is 0 Å². The van der Waals surface area contributed by atoms with Crippen molar-refractivity contribution in [3.05, 3.63) is 65.2 Å². The van der Waals surface area contributed by atoms with Gasteiger partial charge in [0.15, 0.2) is 5.60 Å². The maximum Gasteiger partial charge on any atom is 0.350 e. The third kappa shape index (κ3) is 4.77. The Morgan fingerprint density at radius 2 is 1.58 bits per heavy atom. The van der Waals surface area contributed by atoms with Crippen LogP contribution in [0.4, 0.5) is 0 Å². The molecule has 0 amide bonds. The molecule has 2 aromatic carbocycles. The van der Waals surface area contributed by atoms with Gasteiger partial charge in [0.1, 0.15) is 9.83 Å². The van der Waals surface area contributed by atoms with Crippen molar-refractivity contribution in [2.45, 2.75) is 50.4 Å². The van der Waals surface area contributed by atoms with Gasteiger partial charge in [0.25, 0.3) is 0 Å². The lowest BCUT2D eigenvalue weighted by Crippen LogP contribution is -2.40. The Morgan fingerprint density at radius 1 is 1.00 bits per heavy atom. The summed E-state index contributed by atoms with van der Waals surface area (Å²) in [5.74, 6) is 0.191. The van der Waals surface area contributed by atoms with E-state index in [1.165, 1.54) is 0 Å². The fourth-order valence-electron chi connectivity index (χ4n) is 2.57. The molecule has 2 aromatic rings. The van der Waals surface area contributed by atoms with Crippen molar-refractivity contribution in [1.82, 2.24) is 0 Å². The van der Waals surface area contributed by atoms with Crippen LogP contribution < -0.4 is 4.74 Å². The van der Waals surface area contributed by atoms with E-state index in [2.05, 4.69) is 0 Å². The highest BCUT2D eigenvalue weighted by atomic mass is 32.2. The van der Waals surface area contributed by atoms with E-state index >= 15 is 0 Å². The first-order chi connectivity index (χ1) is 12.0. The standard InChI is InChI=1S/C21H26O3S2/c1-14(2)23-19(22)20(4,5)24-17-12-10-16(11-13-17)21(25,26)18-9-7-6-8-15(18)3/h6-14,25-26H,1-5H3. The summed E-state index contributed by atoms with van der Waals surface area (Å²) >= 11 is 9.55. The second kappa shape index (κ2) is 7.97. The third-order valence-corrected chi connectivity index (χ3v) is 4.98. The van der Waals surface area contributed by atoms with E-state index in [-0.39, 0.29) is 6.10 Å². The SMILES string of the molecule is Cc1ccccc1C(S)(S)c1ccc(OC(C)(C)C(=O)OC(C)C)cc1. The molecule has 5 heteroatoms. The predicted octanol–water partition coefficient (Wildman–Crippen LogP) is 5.16. The van der Waals surface area contributed by atoms with Crippen LogP contribution in [-0.2, 0) is 13.6 Å². The molecule has 0 saturated carbocycles. The van der Waals surface area contributed by atoms with Crippen molar-refractivity contribution in [3.8, 4) is 5.75 Å². The zero-order valence-corrected chi connectivity index (χ0v) is 17.6. The van der Waals surface area contributed by atoms with Gasteiger partial charge in [-0.05, 0) is 63.4 Å². The van der Waals surface area contributed by atoms with Gasteiger partial charge in [-0.25, -0.2) is 4.79 Å². The quantitative estimate of drug-likeness (QED) is 0.406. The Balaban J connectivity index is 2.20. The highest BCUT2D eigenvalue weighted by molar-refractivity contribution is 8.00. The Bertz CT molecular complexity index is 765. The number of esters is 1. The lowest BCUT2D eigenvalue weighted by Gasteiger charge is -2.27. The molecule has 26 heavy (non-hydrogen) atoms. The van der Waals surface area contributed by atoms with Crippen LogP contribution in [0, 0.1) is 6.92 Å². The molecule has 0 N–H and O–H groups in total. The highest BCUT2D eigenvalue weighted by Gasteiger charge is 2.33. The smallest absolute Gasteiger partial charge is 0.350 e. The van der Waals surface area contributed by atoms with Crippen molar-refractivity contribution in [3.63, 3.8) is 0 Å². The van der Waals surface area contributed by atoms with Gasteiger partial charge in [-0.15, -0.1) is 0 Å². The van der Waals surface area contributed by atoms with E-state index in [1.54, 1.807) is 13.8 Å². The summed E-state index contributed by atoms with van der Waals surface area (Å²) in [6, 6.07) is 15.5. The lowest BCUT2D eigenvalue weighted by molar-refractivity contribution is -0.163. The molecule has 0 heterocycles. The number of carbonyl (C=O) groups excluding carboxylic acids is 1. The topological polar surface area (TPSA) is 35.5 Å². The molecule has 0 aromatic heterocycles. The van der Waals surface area contributed by atoms with Gasteiger partial charge in [0.05, 0.1) is 6.10 Å². The van der Waals surface area contributed by atoms with Crippen molar-refractivity contribution >= 4 is 31.2 Å². The summed E-state index contributed by atoms with van der Waals surface area (Å²) in [5.41, 5.74) is 2.01. The number of rotatable bonds is 6. The van der Waals surface area contributed by atoms with Crippen LogP contribution in [0.25, 0.3) is 0 Å². The number of benzene rings is 2. The Labute approximate surface area is 166 Å². The molecular weight excluding hydrogens is 364 g/mol. The zero-order chi connectivity index (χ0) is 19.5. The number of hydrogen-bond donors (Lipinski definition) is 2. The van der Waals surface area contributed by atoms with Crippen LogP contribution in [0.3, 0.4) is 0 Å². The normalized spacial score (nSPS) is 12.2. The monoisotopic (exact) mass is 390 g/mol.